The minimum Gasteiger partial charge on any atom is -0.389 e. The van der Waals surface area contributed by atoms with Gasteiger partial charge < -0.3 is 15.7 Å². The lowest BCUT2D eigenvalue weighted by Crippen LogP contribution is -2.30. The molecule has 0 amide bonds. The fraction of sp³-hybridized carbons (Fsp3) is 0.333. The third-order valence-electron chi connectivity index (χ3n) is 3.44. The molecule has 7 nitrogen and oxygen atoms in total. The largest absolute Gasteiger partial charge is 0.433 e. The van der Waals surface area contributed by atoms with E-state index < -0.39 is 23.3 Å². The van der Waals surface area contributed by atoms with Gasteiger partial charge in [0.2, 0.25) is 11.9 Å². The highest BCUT2D eigenvalue weighted by molar-refractivity contribution is 5.71. The maximum Gasteiger partial charge on any atom is 0.433 e. The lowest BCUT2D eigenvalue weighted by atomic mass is 10.1. The van der Waals surface area contributed by atoms with E-state index in [9.17, 15) is 22.7 Å². The Balaban J connectivity index is 2.45. The highest BCUT2D eigenvalue weighted by atomic mass is 19.4. The van der Waals surface area contributed by atoms with Gasteiger partial charge in [0.1, 0.15) is 11.5 Å². The average molecular weight is 412 g/mol. The SMILES string of the molecule is C=CC(=C(C)F)c1nc(NCC(C)(C)O)nc(Nc2ccnc(C(F)(F)F)c2)n1. The molecule has 0 aromatic carbocycles. The van der Waals surface area contributed by atoms with E-state index in [1.807, 2.05) is 0 Å². The summed E-state index contributed by atoms with van der Waals surface area (Å²) >= 11 is 0. The number of nitrogens with one attached hydrogen (secondary N) is 2. The van der Waals surface area contributed by atoms with E-state index in [1.165, 1.54) is 19.1 Å². The number of hydrogen-bond acceptors (Lipinski definition) is 7. The first kappa shape index (κ1) is 22.2. The molecule has 0 atom stereocenters. The van der Waals surface area contributed by atoms with Crippen molar-refractivity contribution < 1.29 is 22.7 Å². The van der Waals surface area contributed by atoms with Gasteiger partial charge in [0.05, 0.1) is 11.2 Å². The summed E-state index contributed by atoms with van der Waals surface area (Å²) in [5.41, 5.74) is -2.17. The summed E-state index contributed by atoms with van der Waals surface area (Å²) in [4.78, 5) is 15.5. The number of aliphatic hydroxyl groups is 1. The molecule has 0 saturated heterocycles. The van der Waals surface area contributed by atoms with Crippen LogP contribution in [0.2, 0.25) is 0 Å². The molecule has 0 bridgehead atoms. The van der Waals surface area contributed by atoms with Crippen LogP contribution in [0.25, 0.3) is 5.57 Å². The summed E-state index contributed by atoms with van der Waals surface area (Å²) in [6.45, 7) is 7.87. The number of rotatable bonds is 7. The van der Waals surface area contributed by atoms with Gasteiger partial charge in [-0.05, 0) is 32.9 Å². The minimum absolute atomic E-state index is 0.00697. The van der Waals surface area contributed by atoms with E-state index in [0.717, 1.165) is 12.3 Å². The highest BCUT2D eigenvalue weighted by Crippen LogP contribution is 2.29. The molecule has 2 heterocycles. The number of nitrogens with zero attached hydrogens (tertiary/aromatic N) is 4. The van der Waals surface area contributed by atoms with Crippen molar-refractivity contribution >= 4 is 23.2 Å². The molecule has 11 heteroatoms. The molecule has 2 aromatic rings. The zero-order chi connectivity index (χ0) is 21.8. The van der Waals surface area contributed by atoms with Crippen molar-refractivity contribution in [1.29, 1.82) is 0 Å². The van der Waals surface area contributed by atoms with Gasteiger partial charge in [-0.1, -0.05) is 12.7 Å². The van der Waals surface area contributed by atoms with Crippen molar-refractivity contribution in [3.05, 3.63) is 48.3 Å². The average Bonchev–Trinajstić information content (AvgIpc) is 2.59. The van der Waals surface area contributed by atoms with Crippen LogP contribution in [0.15, 0.2) is 36.8 Å². The van der Waals surface area contributed by atoms with Gasteiger partial charge in [-0.15, -0.1) is 0 Å². The van der Waals surface area contributed by atoms with Gasteiger partial charge in [-0.3, -0.25) is 4.98 Å². The zero-order valence-corrected chi connectivity index (χ0v) is 16.0. The molecule has 156 valence electrons. The molecular weight excluding hydrogens is 392 g/mol. The van der Waals surface area contributed by atoms with Gasteiger partial charge in [-0.25, -0.2) is 4.39 Å². The van der Waals surface area contributed by atoms with Crippen LogP contribution in [0.1, 0.15) is 32.3 Å². The van der Waals surface area contributed by atoms with Crippen LogP contribution in [0.3, 0.4) is 0 Å². The Hall–Kier alpha value is -3.08. The van der Waals surface area contributed by atoms with Gasteiger partial charge in [0.15, 0.2) is 5.82 Å². The van der Waals surface area contributed by atoms with E-state index in [1.54, 1.807) is 13.8 Å². The predicted octanol–water partition coefficient (Wildman–Crippen LogP) is 4.10. The van der Waals surface area contributed by atoms with Gasteiger partial charge in [0, 0.05) is 18.4 Å². The second-order valence-electron chi connectivity index (χ2n) is 6.68. The molecule has 0 unspecified atom stereocenters. The van der Waals surface area contributed by atoms with Crippen LogP contribution >= 0.6 is 0 Å². The topological polar surface area (TPSA) is 95.9 Å². The molecule has 29 heavy (non-hydrogen) atoms. The van der Waals surface area contributed by atoms with Crippen LogP contribution < -0.4 is 10.6 Å². The van der Waals surface area contributed by atoms with Crippen molar-refractivity contribution in [3.8, 4) is 0 Å². The molecule has 0 aliphatic rings. The first-order chi connectivity index (χ1) is 13.4. The van der Waals surface area contributed by atoms with Crippen LogP contribution in [0, 0.1) is 0 Å². The standard InChI is InChI=1S/C18H20F4N6O/c1-5-12(10(2)19)14-26-15(24-9-17(3,4)29)28-16(27-14)25-11-6-7-23-13(8-11)18(20,21)22/h5-8,29H,1,9H2,2-4H3,(H2,23,24,25,26,27,28). The maximum absolute atomic E-state index is 13.8. The molecule has 0 spiro atoms. The van der Waals surface area contributed by atoms with Crippen molar-refractivity contribution in [2.75, 3.05) is 17.2 Å². The number of hydrogen-bond donors (Lipinski definition) is 3. The summed E-state index contributed by atoms with van der Waals surface area (Å²) in [6, 6.07) is 2.09. The molecule has 2 rings (SSSR count). The molecule has 0 radical (unpaired) electrons. The Labute approximate surface area is 164 Å². The third-order valence-corrected chi connectivity index (χ3v) is 3.44. The van der Waals surface area contributed by atoms with Crippen LogP contribution in [0.5, 0.6) is 0 Å². The lowest BCUT2D eigenvalue weighted by molar-refractivity contribution is -0.141. The van der Waals surface area contributed by atoms with Crippen molar-refractivity contribution in [2.45, 2.75) is 32.5 Å². The predicted molar refractivity (Wildman–Crippen MR) is 101 cm³/mol. The Bertz CT molecular complexity index is 917. The van der Waals surface area contributed by atoms with Crippen LogP contribution in [-0.2, 0) is 6.18 Å². The van der Waals surface area contributed by atoms with E-state index in [-0.39, 0.29) is 35.5 Å². The number of alkyl halides is 3. The lowest BCUT2D eigenvalue weighted by Gasteiger charge is -2.18. The van der Waals surface area contributed by atoms with Gasteiger partial charge in [0.25, 0.3) is 0 Å². The zero-order valence-electron chi connectivity index (χ0n) is 16.0. The number of aromatic nitrogens is 4. The second-order valence-corrected chi connectivity index (χ2v) is 6.68. The van der Waals surface area contributed by atoms with Crippen molar-refractivity contribution in [1.82, 2.24) is 19.9 Å². The minimum atomic E-state index is -4.62. The molecule has 2 aromatic heterocycles. The van der Waals surface area contributed by atoms with Gasteiger partial charge >= 0.3 is 6.18 Å². The Morgan fingerprint density at radius 2 is 1.86 bits per heavy atom. The molecule has 0 aliphatic carbocycles. The second kappa shape index (κ2) is 8.52. The van der Waals surface area contributed by atoms with E-state index in [4.69, 9.17) is 0 Å². The number of halogens is 4. The van der Waals surface area contributed by atoms with Crippen LogP contribution in [-0.4, -0.2) is 37.2 Å². The van der Waals surface area contributed by atoms with E-state index in [2.05, 4.69) is 37.1 Å². The Morgan fingerprint density at radius 1 is 1.21 bits per heavy atom. The first-order valence-corrected chi connectivity index (χ1v) is 8.41. The van der Waals surface area contributed by atoms with Crippen LogP contribution in [0.4, 0.5) is 35.1 Å². The smallest absolute Gasteiger partial charge is 0.389 e. The van der Waals surface area contributed by atoms with Crippen molar-refractivity contribution in [2.24, 2.45) is 0 Å². The quantitative estimate of drug-likeness (QED) is 0.465. The summed E-state index contributed by atoms with van der Waals surface area (Å²) < 4.78 is 52.4. The first-order valence-electron chi connectivity index (χ1n) is 8.41. The van der Waals surface area contributed by atoms with E-state index >= 15 is 0 Å². The summed E-state index contributed by atoms with van der Waals surface area (Å²) in [5, 5.41) is 15.3. The summed E-state index contributed by atoms with van der Waals surface area (Å²) in [7, 11) is 0. The molecular formula is C18H20F4N6O. The summed E-state index contributed by atoms with van der Waals surface area (Å²) in [5.74, 6) is -0.826. The Kier molecular flexibility index (Phi) is 6.52. The molecule has 3 N–H and O–H groups in total. The molecule has 0 aliphatic heterocycles. The van der Waals surface area contributed by atoms with E-state index in [0.29, 0.717) is 0 Å². The van der Waals surface area contributed by atoms with Crippen molar-refractivity contribution in [3.63, 3.8) is 0 Å². The third kappa shape index (κ3) is 6.49. The summed E-state index contributed by atoms with van der Waals surface area (Å²) in [6.07, 6.45) is -2.42. The fourth-order valence-electron chi connectivity index (χ4n) is 2.11. The number of pyridine rings is 1. The van der Waals surface area contributed by atoms with Gasteiger partial charge in [-0.2, -0.15) is 28.1 Å². The maximum atomic E-state index is 13.8. The Morgan fingerprint density at radius 3 is 2.41 bits per heavy atom. The molecule has 0 fully saturated rings. The monoisotopic (exact) mass is 412 g/mol. The molecule has 0 saturated carbocycles. The number of anilines is 3. The highest BCUT2D eigenvalue weighted by Gasteiger charge is 2.32. The fourth-order valence-corrected chi connectivity index (χ4v) is 2.11. The number of allylic oxidation sites excluding steroid dienone is 3. The normalized spacial score (nSPS) is 13.0.